The second-order valence-electron chi connectivity index (χ2n) is 6.52. The van der Waals surface area contributed by atoms with Crippen LogP contribution in [0.4, 0.5) is 5.82 Å². The van der Waals surface area contributed by atoms with Crippen LogP contribution >= 0.6 is 11.6 Å². The first-order valence-corrected chi connectivity index (χ1v) is 8.92. The summed E-state index contributed by atoms with van der Waals surface area (Å²) in [4.78, 5) is 23.4. The molecule has 1 aliphatic rings. The average Bonchev–Trinajstić information content (AvgIpc) is 3.08. The second kappa shape index (κ2) is 6.92. The summed E-state index contributed by atoms with van der Waals surface area (Å²) >= 11 is 6.16. The van der Waals surface area contributed by atoms with Crippen molar-refractivity contribution in [3.05, 3.63) is 47.5 Å². The minimum absolute atomic E-state index is 0.0562. The Morgan fingerprint density at radius 1 is 1.35 bits per heavy atom. The molecule has 0 spiro atoms. The topological polar surface area (TPSA) is 75.9 Å². The lowest BCUT2D eigenvalue weighted by molar-refractivity contribution is 0.0933. The van der Waals surface area contributed by atoms with Gasteiger partial charge in [0.05, 0.1) is 17.3 Å². The van der Waals surface area contributed by atoms with Crippen molar-refractivity contribution >= 4 is 34.2 Å². The molecule has 1 atom stereocenters. The van der Waals surface area contributed by atoms with E-state index in [1.165, 1.54) is 0 Å². The van der Waals surface area contributed by atoms with E-state index >= 15 is 0 Å². The predicted octanol–water partition coefficient (Wildman–Crippen LogP) is 2.42. The van der Waals surface area contributed by atoms with Crippen molar-refractivity contribution in [2.75, 3.05) is 18.0 Å². The van der Waals surface area contributed by atoms with Crippen molar-refractivity contribution < 1.29 is 4.79 Å². The van der Waals surface area contributed by atoms with Crippen LogP contribution in [0.2, 0.25) is 5.02 Å². The SMILES string of the molecule is Cn1cc(C(=O)NC2CCCN(c3ncnc4ccc(Cl)cc34)C2)cn1. The molecule has 1 N–H and O–H groups in total. The Hall–Kier alpha value is -2.67. The van der Waals surface area contributed by atoms with E-state index in [0.717, 1.165) is 36.1 Å². The van der Waals surface area contributed by atoms with Crippen LogP contribution in [0.5, 0.6) is 0 Å². The Balaban J connectivity index is 1.54. The van der Waals surface area contributed by atoms with Gasteiger partial charge in [-0.1, -0.05) is 11.6 Å². The maximum Gasteiger partial charge on any atom is 0.254 e. The van der Waals surface area contributed by atoms with Gasteiger partial charge >= 0.3 is 0 Å². The van der Waals surface area contributed by atoms with Crippen molar-refractivity contribution in [2.24, 2.45) is 7.05 Å². The molecular weight excluding hydrogens is 352 g/mol. The molecule has 1 aromatic carbocycles. The molecular formula is C18H19ClN6O. The lowest BCUT2D eigenvalue weighted by Gasteiger charge is -2.34. The number of benzene rings is 1. The first-order chi connectivity index (χ1) is 12.6. The van der Waals surface area contributed by atoms with Gasteiger partial charge in [0.15, 0.2) is 0 Å². The zero-order valence-corrected chi connectivity index (χ0v) is 15.1. The summed E-state index contributed by atoms with van der Waals surface area (Å²) in [5.74, 6) is 0.762. The Morgan fingerprint density at radius 3 is 3.04 bits per heavy atom. The van der Waals surface area contributed by atoms with Crippen LogP contribution in [0.1, 0.15) is 23.2 Å². The van der Waals surface area contributed by atoms with Crippen molar-refractivity contribution in [3.63, 3.8) is 0 Å². The van der Waals surface area contributed by atoms with E-state index in [1.807, 2.05) is 18.2 Å². The normalized spacial score (nSPS) is 17.5. The highest BCUT2D eigenvalue weighted by Crippen LogP contribution is 2.28. The number of aryl methyl sites for hydroxylation is 1. The summed E-state index contributed by atoms with van der Waals surface area (Å²) in [5.41, 5.74) is 1.44. The van der Waals surface area contributed by atoms with E-state index < -0.39 is 0 Å². The maximum absolute atomic E-state index is 12.4. The van der Waals surface area contributed by atoms with Gasteiger partial charge in [-0.05, 0) is 31.0 Å². The number of carbonyl (C=O) groups excluding carboxylic acids is 1. The molecule has 0 bridgehead atoms. The third-order valence-electron chi connectivity index (χ3n) is 4.60. The molecule has 3 heterocycles. The van der Waals surface area contributed by atoms with Crippen LogP contribution in [0.25, 0.3) is 10.9 Å². The summed E-state index contributed by atoms with van der Waals surface area (Å²) < 4.78 is 1.62. The van der Waals surface area contributed by atoms with E-state index in [2.05, 4.69) is 25.3 Å². The number of nitrogens with one attached hydrogen (secondary N) is 1. The van der Waals surface area contributed by atoms with Gasteiger partial charge in [-0.25, -0.2) is 9.97 Å². The van der Waals surface area contributed by atoms with Gasteiger partial charge in [0, 0.05) is 42.8 Å². The molecule has 0 radical (unpaired) electrons. The van der Waals surface area contributed by atoms with Crippen LogP contribution in [0.3, 0.4) is 0 Å². The number of fused-ring (bicyclic) bond motifs is 1. The average molecular weight is 371 g/mol. The van der Waals surface area contributed by atoms with Crippen LogP contribution in [-0.4, -0.2) is 44.8 Å². The molecule has 26 heavy (non-hydrogen) atoms. The fourth-order valence-electron chi connectivity index (χ4n) is 3.36. The number of rotatable bonds is 3. The molecule has 1 aliphatic heterocycles. The first-order valence-electron chi connectivity index (χ1n) is 8.55. The summed E-state index contributed by atoms with van der Waals surface area (Å²) in [6, 6.07) is 5.67. The number of aromatic nitrogens is 4. The third kappa shape index (κ3) is 3.35. The Labute approximate surface area is 156 Å². The van der Waals surface area contributed by atoms with Crippen LogP contribution < -0.4 is 10.2 Å². The molecule has 1 unspecified atom stereocenters. The Morgan fingerprint density at radius 2 is 2.23 bits per heavy atom. The largest absolute Gasteiger partial charge is 0.354 e. The molecule has 0 saturated carbocycles. The monoisotopic (exact) mass is 370 g/mol. The minimum Gasteiger partial charge on any atom is -0.354 e. The smallest absolute Gasteiger partial charge is 0.254 e. The quantitative estimate of drug-likeness (QED) is 0.766. The summed E-state index contributed by atoms with van der Waals surface area (Å²) in [6.45, 7) is 1.59. The standard InChI is InChI=1S/C18H19ClN6O/c1-24-9-12(8-22-24)18(26)23-14-3-2-6-25(10-14)17-15-7-13(19)4-5-16(15)20-11-21-17/h4-5,7-9,11,14H,2-3,6,10H2,1H3,(H,23,26). The number of nitrogens with zero attached hydrogens (tertiary/aromatic N) is 5. The number of hydrogen-bond donors (Lipinski definition) is 1. The lowest BCUT2D eigenvalue weighted by atomic mass is 10.0. The molecule has 134 valence electrons. The highest BCUT2D eigenvalue weighted by molar-refractivity contribution is 6.31. The number of anilines is 1. The summed E-state index contributed by atoms with van der Waals surface area (Å²) in [7, 11) is 1.80. The van der Waals surface area contributed by atoms with Gasteiger partial charge in [-0.3, -0.25) is 9.48 Å². The molecule has 4 rings (SSSR count). The van der Waals surface area contributed by atoms with E-state index in [1.54, 1.807) is 30.5 Å². The van der Waals surface area contributed by atoms with E-state index in [4.69, 9.17) is 11.6 Å². The van der Waals surface area contributed by atoms with Gasteiger partial charge in [0.25, 0.3) is 5.91 Å². The Bertz CT molecular complexity index is 956. The number of hydrogen-bond acceptors (Lipinski definition) is 5. The van der Waals surface area contributed by atoms with Crippen molar-refractivity contribution in [1.82, 2.24) is 25.1 Å². The highest BCUT2D eigenvalue weighted by atomic mass is 35.5. The van der Waals surface area contributed by atoms with Gasteiger partial charge in [0.1, 0.15) is 12.1 Å². The van der Waals surface area contributed by atoms with Crippen LogP contribution in [0.15, 0.2) is 36.9 Å². The number of piperidine rings is 1. The van der Waals surface area contributed by atoms with E-state index in [0.29, 0.717) is 17.1 Å². The molecule has 0 aliphatic carbocycles. The van der Waals surface area contributed by atoms with Gasteiger partial charge in [-0.2, -0.15) is 5.10 Å². The zero-order chi connectivity index (χ0) is 18.1. The van der Waals surface area contributed by atoms with Crippen LogP contribution in [0, 0.1) is 0 Å². The fourth-order valence-corrected chi connectivity index (χ4v) is 3.53. The van der Waals surface area contributed by atoms with E-state index in [9.17, 15) is 4.79 Å². The molecule has 7 nitrogen and oxygen atoms in total. The molecule has 8 heteroatoms. The number of carbonyl (C=O) groups is 1. The zero-order valence-electron chi connectivity index (χ0n) is 14.4. The maximum atomic E-state index is 12.4. The fraction of sp³-hybridized carbons (Fsp3) is 0.333. The van der Waals surface area contributed by atoms with Gasteiger partial charge in [0.2, 0.25) is 0 Å². The number of halogens is 1. The lowest BCUT2D eigenvalue weighted by Crippen LogP contribution is -2.48. The number of amides is 1. The highest BCUT2D eigenvalue weighted by Gasteiger charge is 2.24. The molecule has 1 amide bonds. The Kier molecular flexibility index (Phi) is 4.46. The van der Waals surface area contributed by atoms with Gasteiger partial charge < -0.3 is 10.2 Å². The van der Waals surface area contributed by atoms with Gasteiger partial charge in [-0.15, -0.1) is 0 Å². The summed E-state index contributed by atoms with van der Waals surface area (Å²) in [5, 5.41) is 8.75. The molecule has 2 aromatic heterocycles. The first kappa shape index (κ1) is 16.8. The van der Waals surface area contributed by atoms with Crippen molar-refractivity contribution in [1.29, 1.82) is 0 Å². The summed E-state index contributed by atoms with van der Waals surface area (Å²) in [6.07, 6.45) is 6.78. The predicted molar refractivity (Wildman–Crippen MR) is 100 cm³/mol. The van der Waals surface area contributed by atoms with Crippen molar-refractivity contribution in [2.45, 2.75) is 18.9 Å². The minimum atomic E-state index is -0.0967. The molecule has 1 fully saturated rings. The van der Waals surface area contributed by atoms with Crippen molar-refractivity contribution in [3.8, 4) is 0 Å². The molecule has 1 saturated heterocycles. The third-order valence-corrected chi connectivity index (χ3v) is 4.83. The molecule has 3 aromatic rings. The van der Waals surface area contributed by atoms with E-state index in [-0.39, 0.29) is 11.9 Å². The van der Waals surface area contributed by atoms with Crippen LogP contribution in [-0.2, 0) is 7.05 Å². The second-order valence-corrected chi connectivity index (χ2v) is 6.96.